The van der Waals surface area contributed by atoms with Crippen LogP contribution in [0.1, 0.15) is 37.3 Å². The Morgan fingerprint density at radius 2 is 1.95 bits per heavy atom. The molecule has 1 fully saturated rings. The molecule has 0 aliphatic carbocycles. The SMILES string of the molecule is O=C(N[C@@H]1CCCCNC1=O)N[C@@H]1CCOc2ccccc21. The summed E-state index contributed by atoms with van der Waals surface area (Å²) in [6.07, 6.45) is 3.30. The molecule has 2 aliphatic heterocycles. The van der Waals surface area contributed by atoms with Crippen LogP contribution in [0.3, 0.4) is 0 Å². The van der Waals surface area contributed by atoms with Crippen LogP contribution in [0.5, 0.6) is 5.75 Å². The minimum atomic E-state index is -0.447. The Bertz CT molecular complexity index is 561. The van der Waals surface area contributed by atoms with Gasteiger partial charge in [-0.25, -0.2) is 4.79 Å². The van der Waals surface area contributed by atoms with Crippen LogP contribution < -0.4 is 20.7 Å². The van der Waals surface area contributed by atoms with Crippen molar-refractivity contribution < 1.29 is 14.3 Å². The molecule has 0 radical (unpaired) electrons. The van der Waals surface area contributed by atoms with Gasteiger partial charge in [-0.3, -0.25) is 4.79 Å². The highest BCUT2D eigenvalue weighted by molar-refractivity contribution is 5.87. The number of benzene rings is 1. The maximum Gasteiger partial charge on any atom is 0.315 e. The van der Waals surface area contributed by atoms with Gasteiger partial charge in [-0.1, -0.05) is 18.2 Å². The minimum Gasteiger partial charge on any atom is -0.493 e. The predicted octanol–water partition coefficient (Wildman–Crippen LogP) is 1.48. The first-order chi connectivity index (χ1) is 10.7. The fourth-order valence-corrected chi connectivity index (χ4v) is 2.93. The summed E-state index contributed by atoms with van der Waals surface area (Å²) in [5.74, 6) is 0.714. The monoisotopic (exact) mass is 303 g/mol. The van der Waals surface area contributed by atoms with Gasteiger partial charge < -0.3 is 20.7 Å². The number of hydrogen-bond acceptors (Lipinski definition) is 3. The van der Waals surface area contributed by atoms with Crippen LogP contribution in [0.15, 0.2) is 24.3 Å². The zero-order chi connectivity index (χ0) is 15.4. The number of nitrogens with one attached hydrogen (secondary N) is 3. The lowest BCUT2D eigenvalue weighted by atomic mass is 10.0. The van der Waals surface area contributed by atoms with Crippen molar-refractivity contribution in [3.05, 3.63) is 29.8 Å². The van der Waals surface area contributed by atoms with Crippen molar-refractivity contribution in [1.82, 2.24) is 16.0 Å². The van der Waals surface area contributed by atoms with E-state index in [-0.39, 0.29) is 18.0 Å². The third-order valence-electron chi connectivity index (χ3n) is 4.10. The number of hydrogen-bond donors (Lipinski definition) is 3. The lowest BCUT2D eigenvalue weighted by Crippen LogP contribution is -2.50. The molecule has 1 aromatic carbocycles. The van der Waals surface area contributed by atoms with Gasteiger partial charge in [0.15, 0.2) is 0 Å². The van der Waals surface area contributed by atoms with Gasteiger partial charge in [-0.05, 0) is 25.3 Å². The second kappa shape index (κ2) is 6.68. The van der Waals surface area contributed by atoms with Crippen LogP contribution in [0.25, 0.3) is 0 Å². The van der Waals surface area contributed by atoms with Crippen LogP contribution in [0.2, 0.25) is 0 Å². The number of carbonyl (C=O) groups excluding carboxylic acids is 2. The fourth-order valence-electron chi connectivity index (χ4n) is 2.93. The van der Waals surface area contributed by atoms with Crippen molar-refractivity contribution in [1.29, 1.82) is 0 Å². The molecule has 2 heterocycles. The van der Waals surface area contributed by atoms with Crippen molar-refractivity contribution in [2.45, 2.75) is 37.8 Å². The van der Waals surface area contributed by atoms with E-state index in [1.165, 1.54) is 0 Å². The number of para-hydroxylation sites is 1. The number of ether oxygens (including phenoxy) is 1. The predicted molar refractivity (Wildman–Crippen MR) is 81.6 cm³/mol. The third kappa shape index (κ3) is 3.32. The van der Waals surface area contributed by atoms with E-state index in [1.54, 1.807) is 0 Å². The molecule has 2 atom stereocenters. The second-order valence-electron chi connectivity index (χ2n) is 5.68. The summed E-state index contributed by atoms with van der Waals surface area (Å²) in [6.45, 7) is 1.26. The largest absolute Gasteiger partial charge is 0.493 e. The van der Waals surface area contributed by atoms with Gasteiger partial charge >= 0.3 is 6.03 Å². The maximum absolute atomic E-state index is 12.2. The van der Waals surface area contributed by atoms with Gasteiger partial charge in [-0.2, -0.15) is 0 Å². The highest BCUT2D eigenvalue weighted by atomic mass is 16.5. The van der Waals surface area contributed by atoms with Gasteiger partial charge in [0.2, 0.25) is 5.91 Å². The van der Waals surface area contributed by atoms with Crippen LogP contribution in [-0.2, 0) is 4.79 Å². The number of fused-ring (bicyclic) bond motifs is 1. The molecule has 3 amide bonds. The first-order valence-electron chi connectivity index (χ1n) is 7.80. The highest BCUT2D eigenvalue weighted by Crippen LogP contribution is 2.31. The van der Waals surface area contributed by atoms with Crippen LogP contribution in [0, 0.1) is 0 Å². The molecular weight excluding hydrogens is 282 g/mol. The molecule has 1 saturated heterocycles. The Morgan fingerprint density at radius 1 is 1.14 bits per heavy atom. The van der Waals surface area contributed by atoms with E-state index in [2.05, 4.69) is 16.0 Å². The summed E-state index contributed by atoms with van der Waals surface area (Å²) >= 11 is 0. The Morgan fingerprint density at radius 3 is 2.86 bits per heavy atom. The molecular formula is C16H21N3O3. The quantitative estimate of drug-likeness (QED) is 0.774. The molecule has 0 saturated carbocycles. The third-order valence-corrected chi connectivity index (χ3v) is 4.10. The molecule has 6 heteroatoms. The summed E-state index contributed by atoms with van der Waals surface area (Å²) in [6, 6.07) is 6.87. The highest BCUT2D eigenvalue weighted by Gasteiger charge is 2.26. The molecule has 0 spiro atoms. The van der Waals surface area contributed by atoms with Gasteiger partial charge in [0.1, 0.15) is 11.8 Å². The van der Waals surface area contributed by atoms with Gasteiger partial charge in [0, 0.05) is 18.5 Å². The van der Waals surface area contributed by atoms with E-state index in [1.807, 2.05) is 24.3 Å². The van der Waals surface area contributed by atoms with Crippen molar-refractivity contribution in [3.63, 3.8) is 0 Å². The lowest BCUT2D eigenvalue weighted by molar-refractivity contribution is -0.122. The normalized spacial score (nSPS) is 24.3. The zero-order valence-corrected chi connectivity index (χ0v) is 12.4. The molecule has 118 valence electrons. The molecule has 3 rings (SSSR count). The summed E-state index contributed by atoms with van der Waals surface area (Å²) in [5, 5.41) is 8.55. The van der Waals surface area contributed by atoms with Gasteiger partial charge in [0.25, 0.3) is 0 Å². The molecule has 0 aromatic heterocycles. The van der Waals surface area contributed by atoms with Gasteiger partial charge in [-0.15, -0.1) is 0 Å². The van der Waals surface area contributed by atoms with E-state index >= 15 is 0 Å². The van der Waals surface area contributed by atoms with E-state index < -0.39 is 6.04 Å². The molecule has 22 heavy (non-hydrogen) atoms. The van der Waals surface area contributed by atoms with E-state index in [0.717, 1.165) is 30.6 Å². The number of amides is 3. The smallest absolute Gasteiger partial charge is 0.315 e. The van der Waals surface area contributed by atoms with Crippen LogP contribution in [0.4, 0.5) is 4.79 Å². The summed E-state index contributed by atoms with van der Waals surface area (Å²) < 4.78 is 5.58. The van der Waals surface area contributed by atoms with E-state index in [4.69, 9.17) is 4.74 Å². The van der Waals surface area contributed by atoms with Crippen molar-refractivity contribution in [3.8, 4) is 5.75 Å². The number of rotatable bonds is 2. The van der Waals surface area contributed by atoms with E-state index in [0.29, 0.717) is 19.6 Å². The number of urea groups is 1. The first kappa shape index (κ1) is 14.7. The zero-order valence-electron chi connectivity index (χ0n) is 12.4. The van der Waals surface area contributed by atoms with Crippen LogP contribution in [-0.4, -0.2) is 31.1 Å². The van der Waals surface area contributed by atoms with Gasteiger partial charge in [0.05, 0.1) is 12.6 Å². The fraction of sp³-hybridized carbons (Fsp3) is 0.500. The van der Waals surface area contributed by atoms with E-state index in [9.17, 15) is 9.59 Å². The lowest BCUT2D eigenvalue weighted by Gasteiger charge is -2.27. The topological polar surface area (TPSA) is 79.5 Å². The Hall–Kier alpha value is -2.24. The Labute approximate surface area is 129 Å². The summed E-state index contributed by atoms with van der Waals surface area (Å²) in [5.41, 5.74) is 0.981. The summed E-state index contributed by atoms with van der Waals surface area (Å²) in [7, 11) is 0. The molecule has 2 aliphatic rings. The van der Waals surface area contributed by atoms with Crippen molar-refractivity contribution >= 4 is 11.9 Å². The standard InChI is InChI=1S/C16H21N3O3/c20-15-13(6-3-4-9-17-15)19-16(21)18-12-8-10-22-14-7-2-1-5-11(12)14/h1-2,5,7,12-13H,3-4,6,8-10H2,(H,17,20)(H2,18,19,21)/t12-,13-/m1/s1. The molecule has 6 nitrogen and oxygen atoms in total. The molecule has 0 unspecified atom stereocenters. The molecule has 0 bridgehead atoms. The average molecular weight is 303 g/mol. The minimum absolute atomic E-state index is 0.0845. The Kier molecular flexibility index (Phi) is 4.46. The molecule has 3 N–H and O–H groups in total. The second-order valence-corrected chi connectivity index (χ2v) is 5.68. The first-order valence-corrected chi connectivity index (χ1v) is 7.80. The Balaban J connectivity index is 1.61. The van der Waals surface area contributed by atoms with Crippen molar-refractivity contribution in [2.75, 3.05) is 13.2 Å². The van der Waals surface area contributed by atoms with Crippen molar-refractivity contribution in [2.24, 2.45) is 0 Å². The summed E-state index contributed by atoms with van der Waals surface area (Å²) in [4.78, 5) is 24.1. The average Bonchev–Trinajstić information content (AvgIpc) is 2.73. The molecule has 1 aromatic rings. The number of carbonyl (C=O) groups is 2. The maximum atomic E-state index is 12.2. The van der Waals surface area contributed by atoms with Crippen LogP contribution >= 0.6 is 0 Å².